The van der Waals surface area contributed by atoms with E-state index in [1.165, 1.54) is 6.07 Å². The van der Waals surface area contributed by atoms with Crippen molar-refractivity contribution >= 4 is 5.69 Å². The second-order valence-electron chi connectivity index (χ2n) is 5.29. The van der Waals surface area contributed by atoms with Crippen LogP contribution in [-0.2, 0) is 11.2 Å². The maximum Gasteiger partial charge on any atom is 0.272 e. The standard InChI is InChI=1S/C13H18N2O3/c1-13(2)9-18-11(8-14-13)7-10-5-3-4-6-12(10)15(16)17/h3-6,11,14H,7-9H2,1-2H3. The van der Waals surface area contributed by atoms with Gasteiger partial charge in [-0.15, -0.1) is 0 Å². The van der Waals surface area contributed by atoms with Gasteiger partial charge in [0.25, 0.3) is 5.69 Å². The Bertz CT molecular complexity index is 436. The van der Waals surface area contributed by atoms with Crippen LogP contribution in [0.15, 0.2) is 24.3 Å². The van der Waals surface area contributed by atoms with E-state index in [2.05, 4.69) is 19.2 Å². The second kappa shape index (κ2) is 5.04. The Balaban J connectivity index is 2.04. The zero-order valence-electron chi connectivity index (χ0n) is 10.7. The quantitative estimate of drug-likeness (QED) is 0.657. The average Bonchev–Trinajstić information content (AvgIpc) is 2.32. The molecule has 1 atom stereocenters. The molecule has 18 heavy (non-hydrogen) atoms. The topological polar surface area (TPSA) is 64.4 Å². The monoisotopic (exact) mass is 250 g/mol. The Morgan fingerprint density at radius 1 is 1.50 bits per heavy atom. The normalized spacial score (nSPS) is 22.7. The number of rotatable bonds is 3. The molecule has 1 aliphatic rings. The molecule has 0 aliphatic carbocycles. The second-order valence-corrected chi connectivity index (χ2v) is 5.29. The SMILES string of the molecule is CC1(C)COC(Cc2ccccc2[N+](=O)[O-])CN1. The Morgan fingerprint density at radius 3 is 2.83 bits per heavy atom. The zero-order valence-corrected chi connectivity index (χ0v) is 10.7. The van der Waals surface area contributed by atoms with Crippen LogP contribution < -0.4 is 5.32 Å². The highest BCUT2D eigenvalue weighted by atomic mass is 16.6. The molecule has 1 aliphatic heterocycles. The molecule has 0 spiro atoms. The van der Waals surface area contributed by atoms with E-state index in [9.17, 15) is 10.1 Å². The molecule has 5 heteroatoms. The Morgan fingerprint density at radius 2 is 2.22 bits per heavy atom. The van der Waals surface area contributed by atoms with E-state index in [1.54, 1.807) is 12.1 Å². The fraction of sp³-hybridized carbons (Fsp3) is 0.538. The third-order valence-electron chi connectivity index (χ3n) is 3.12. The lowest BCUT2D eigenvalue weighted by Crippen LogP contribution is -2.53. The molecule has 0 aromatic heterocycles. The van der Waals surface area contributed by atoms with E-state index in [0.717, 1.165) is 12.1 Å². The van der Waals surface area contributed by atoms with Crippen molar-refractivity contribution in [2.75, 3.05) is 13.2 Å². The van der Waals surface area contributed by atoms with Gasteiger partial charge in [-0.05, 0) is 13.8 Å². The highest BCUT2D eigenvalue weighted by Crippen LogP contribution is 2.21. The number of para-hydroxylation sites is 1. The molecule has 1 N–H and O–H groups in total. The van der Waals surface area contributed by atoms with Crippen molar-refractivity contribution in [2.24, 2.45) is 0 Å². The summed E-state index contributed by atoms with van der Waals surface area (Å²) in [6.07, 6.45) is 0.569. The van der Waals surface area contributed by atoms with Crippen molar-refractivity contribution < 1.29 is 9.66 Å². The summed E-state index contributed by atoms with van der Waals surface area (Å²) in [4.78, 5) is 10.6. The van der Waals surface area contributed by atoms with E-state index >= 15 is 0 Å². The predicted octanol–water partition coefficient (Wildman–Crippen LogP) is 1.90. The summed E-state index contributed by atoms with van der Waals surface area (Å²) in [6, 6.07) is 6.84. The van der Waals surface area contributed by atoms with Gasteiger partial charge in [0.05, 0.1) is 17.6 Å². The maximum atomic E-state index is 10.9. The molecular formula is C13H18N2O3. The van der Waals surface area contributed by atoms with Crippen molar-refractivity contribution in [1.29, 1.82) is 0 Å². The van der Waals surface area contributed by atoms with Crippen LogP contribution in [0.4, 0.5) is 5.69 Å². The third kappa shape index (κ3) is 3.05. The van der Waals surface area contributed by atoms with Crippen molar-refractivity contribution in [3.05, 3.63) is 39.9 Å². The average molecular weight is 250 g/mol. The van der Waals surface area contributed by atoms with Gasteiger partial charge in [-0.1, -0.05) is 18.2 Å². The molecule has 0 bridgehead atoms. The highest BCUT2D eigenvalue weighted by Gasteiger charge is 2.28. The number of nitro groups is 1. The molecule has 2 rings (SSSR count). The van der Waals surface area contributed by atoms with Gasteiger partial charge in [0.1, 0.15) is 0 Å². The summed E-state index contributed by atoms with van der Waals surface area (Å²) in [6.45, 7) is 5.50. The van der Waals surface area contributed by atoms with Crippen LogP contribution in [0.3, 0.4) is 0 Å². The molecular weight excluding hydrogens is 232 g/mol. The lowest BCUT2D eigenvalue weighted by atomic mass is 10.0. The molecule has 1 aromatic carbocycles. The lowest BCUT2D eigenvalue weighted by molar-refractivity contribution is -0.385. The molecule has 0 saturated carbocycles. The first-order chi connectivity index (χ1) is 8.48. The molecule has 98 valence electrons. The third-order valence-corrected chi connectivity index (χ3v) is 3.12. The number of benzene rings is 1. The summed E-state index contributed by atoms with van der Waals surface area (Å²) >= 11 is 0. The first-order valence-electron chi connectivity index (χ1n) is 6.07. The Kier molecular flexibility index (Phi) is 3.63. The number of morpholine rings is 1. The highest BCUT2D eigenvalue weighted by molar-refractivity contribution is 5.40. The Hall–Kier alpha value is -1.46. The van der Waals surface area contributed by atoms with Gasteiger partial charge in [-0.2, -0.15) is 0 Å². The van der Waals surface area contributed by atoms with Crippen LogP contribution in [0.2, 0.25) is 0 Å². The molecule has 1 fully saturated rings. The fourth-order valence-electron chi connectivity index (χ4n) is 2.06. The van der Waals surface area contributed by atoms with Crippen LogP contribution in [0.1, 0.15) is 19.4 Å². The minimum absolute atomic E-state index is 0.000810. The van der Waals surface area contributed by atoms with Gasteiger partial charge in [0, 0.05) is 30.1 Å². The minimum Gasteiger partial charge on any atom is -0.375 e. The fourth-order valence-corrected chi connectivity index (χ4v) is 2.06. The van der Waals surface area contributed by atoms with Crippen LogP contribution >= 0.6 is 0 Å². The van der Waals surface area contributed by atoms with E-state index in [-0.39, 0.29) is 22.3 Å². The van der Waals surface area contributed by atoms with Crippen molar-refractivity contribution in [3.8, 4) is 0 Å². The molecule has 1 heterocycles. The minimum atomic E-state index is -0.338. The van der Waals surface area contributed by atoms with Crippen molar-refractivity contribution in [2.45, 2.75) is 31.9 Å². The number of nitrogens with zero attached hydrogens (tertiary/aromatic N) is 1. The van der Waals surface area contributed by atoms with Crippen LogP contribution in [-0.4, -0.2) is 29.7 Å². The number of hydrogen-bond acceptors (Lipinski definition) is 4. The number of hydrogen-bond donors (Lipinski definition) is 1. The van der Waals surface area contributed by atoms with Gasteiger partial charge in [-0.25, -0.2) is 0 Å². The molecule has 0 radical (unpaired) electrons. The predicted molar refractivity (Wildman–Crippen MR) is 68.6 cm³/mol. The summed E-state index contributed by atoms with van der Waals surface area (Å²) in [5.74, 6) is 0. The zero-order chi connectivity index (χ0) is 13.2. The lowest BCUT2D eigenvalue weighted by Gasteiger charge is -2.36. The van der Waals surface area contributed by atoms with Crippen LogP contribution in [0.5, 0.6) is 0 Å². The van der Waals surface area contributed by atoms with E-state index in [1.807, 2.05) is 6.07 Å². The summed E-state index contributed by atoms with van der Waals surface area (Å²) in [7, 11) is 0. The summed E-state index contributed by atoms with van der Waals surface area (Å²) in [5.41, 5.74) is 0.888. The van der Waals surface area contributed by atoms with E-state index < -0.39 is 0 Å². The van der Waals surface area contributed by atoms with E-state index in [0.29, 0.717) is 13.0 Å². The van der Waals surface area contributed by atoms with Gasteiger partial charge >= 0.3 is 0 Å². The summed E-state index contributed by atoms with van der Waals surface area (Å²) in [5, 5.41) is 14.3. The van der Waals surface area contributed by atoms with Crippen molar-refractivity contribution in [3.63, 3.8) is 0 Å². The first kappa shape index (κ1) is 13.0. The molecule has 5 nitrogen and oxygen atoms in total. The maximum absolute atomic E-state index is 10.9. The Labute approximate surface area is 106 Å². The number of ether oxygens (including phenoxy) is 1. The van der Waals surface area contributed by atoms with Gasteiger partial charge in [-0.3, -0.25) is 10.1 Å². The number of nitro benzene ring substituents is 1. The van der Waals surface area contributed by atoms with Crippen LogP contribution in [0.25, 0.3) is 0 Å². The molecule has 1 saturated heterocycles. The first-order valence-corrected chi connectivity index (χ1v) is 6.07. The van der Waals surface area contributed by atoms with Gasteiger partial charge < -0.3 is 10.1 Å². The molecule has 0 amide bonds. The smallest absolute Gasteiger partial charge is 0.272 e. The molecule has 1 unspecified atom stereocenters. The van der Waals surface area contributed by atoms with Gasteiger partial charge in [0.15, 0.2) is 0 Å². The van der Waals surface area contributed by atoms with E-state index in [4.69, 9.17) is 4.74 Å². The molecule has 1 aromatic rings. The summed E-state index contributed by atoms with van der Waals surface area (Å²) < 4.78 is 5.75. The van der Waals surface area contributed by atoms with Crippen molar-refractivity contribution in [1.82, 2.24) is 5.32 Å². The largest absolute Gasteiger partial charge is 0.375 e. The number of nitrogens with one attached hydrogen (secondary N) is 1. The van der Waals surface area contributed by atoms with Gasteiger partial charge in [0.2, 0.25) is 0 Å². The van der Waals surface area contributed by atoms with Crippen LogP contribution in [0, 0.1) is 10.1 Å².